The highest BCUT2D eigenvalue weighted by molar-refractivity contribution is 5.69. The summed E-state index contributed by atoms with van der Waals surface area (Å²) < 4.78 is 17.5. The fourth-order valence-electron chi connectivity index (χ4n) is 3.90. The molecule has 1 saturated heterocycles. The van der Waals surface area contributed by atoms with Crippen molar-refractivity contribution in [3.63, 3.8) is 0 Å². The van der Waals surface area contributed by atoms with E-state index in [2.05, 4.69) is 10.3 Å². The summed E-state index contributed by atoms with van der Waals surface area (Å²) >= 11 is 0. The summed E-state index contributed by atoms with van der Waals surface area (Å²) in [5.41, 5.74) is 1.26. The molecular weight excluding hydrogens is 458 g/mol. The van der Waals surface area contributed by atoms with Gasteiger partial charge in [0.25, 0.3) is 0 Å². The van der Waals surface area contributed by atoms with Crippen molar-refractivity contribution in [1.29, 1.82) is 0 Å². The predicted molar refractivity (Wildman–Crippen MR) is 124 cm³/mol. The third-order valence-electron chi connectivity index (χ3n) is 5.87. The average Bonchev–Trinajstić information content (AvgIpc) is 3.35. The number of hydrogen-bond acceptors (Lipinski definition) is 10. The number of ether oxygens (including phenoxy) is 3. The Labute approximate surface area is 204 Å². The van der Waals surface area contributed by atoms with Gasteiger partial charge in [0.2, 0.25) is 0 Å². The monoisotopic (exact) mass is 493 g/mol. The largest absolute Gasteiger partial charge is 0.494 e. The van der Waals surface area contributed by atoms with Crippen LogP contribution < -0.4 is 4.74 Å². The molecule has 3 rings (SSSR count). The molecule has 1 aliphatic rings. The summed E-state index contributed by atoms with van der Waals surface area (Å²) in [4.78, 5) is 11.3. The van der Waals surface area contributed by atoms with Crippen LogP contribution in [0.3, 0.4) is 0 Å². The van der Waals surface area contributed by atoms with E-state index in [1.54, 1.807) is 13.1 Å². The first-order valence-corrected chi connectivity index (χ1v) is 12.1. The lowest BCUT2D eigenvalue weighted by atomic mass is 9.98. The van der Waals surface area contributed by atoms with Gasteiger partial charge in [0, 0.05) is 12.0 Å². The minimum atomic E-state index is -1.49. The highest BCUT2D eigenvalue weighted by Crippen LogP contribution is 2.29. The summed E-state index contributed by atoms with van der Waals surface area (Å²) in [6.07, 6.45) is 0.285. The molecule has 1 fully saturated rings. The van der Waals surface area contributed by atoms with Crippen molar-refractivity contribution in [2.24, 2.45) is 0 Å². The Morgan fingerprint density at radius 1 is 1.09 bits per heavy atom. The Kier molecular flexibility index (Phi) is 10.4. The molecule has 2 heterocycles. The molecule has 0 spiro atoms. The normalized spacial score (nSPS) is 24.3. The van der Waals surface area contributed by atoms with Crippen LogP contribution in [0, 0.1) is 0 Å². The standard InChI is InChI=1S/C24H35N3O8/c1-2-33-20(29)11-6-4-3-5-7-12-34-17-10-8-9-16(13-17)18-14-27(26-25-18)24-23(32)22(31)21(30)19(15-28)35-24/h8-10,13-14,19,21-24,28,30-32H,2-7,11-12,15H2,1H3/t19-,21-,22+,23+,24+/m1/s1. The van der Waals surface area contributed by atoms with Gasteiger partial charge in [0.15, 0.2) is 6.23 Å². The Hall–Kier alpha value is -2.57. The van der Waals surface area contributed by atoms with Crippen LogP contribution in [0.5, 0.6) is 5.75 Å². The number of aliphatic hydroxyl groups excluding tert-OH is 4. The number of unbranched alkanes of at least 4 members (excludes halogenated alkanes) is 4. The van der Waals surface area contributed by atoms with Crippen LogP contribution in [0.1, 0.15) is 51.7 Å². The van der Waals surface area contributed by atoms with Crippen LogP contribution in [0.15, 0.2) is 30.5 Å². The van der Waals surface area contributed by atoms with Gasteiger partial charge in [-0.3, -0.25) is 4.79 Å². The fraction of sp³-hybridized carbons (Fsp3) is 0.625. The first-order valence-electron chi connectivity index (χ1n) is 12.1. The van der Waals surface area contributed by atoms with Gasteiger partial charge in [0.05, 0.1) is 26.0 Å². The summed E-state index contributed by atoms with van der Waals surface area (Å²) in [7, 11) is 0. The number of aromatic nitrogens is 3. The van der Waals surface area contributed by atoms with Crippen LogP contribution in [-0.4, -0.2) is 85.6 Å². The van der Waals surface area contributed by atoms with Crippen molar-refractivity contribution in [3.05, 3.63) is 30.5 Å². The van der Waals surface area contributed by atoms with Gasteiger partial charge in [-0.05, 0) is 31.9 Å². The van der Waals surface area contributed by atoms with E-state index in [4.69, 9.17) is 14.2 Å². The van der Waals surface area contributed by atoms with E-state index in [9.17, 15) is 25.2 Å². The first-order chi connectivity index (χ1) is 16.9. The molecule has 35 heavy (non-hydrogen) atoms. The minimum Gasteiger partial charge on any atom is -0.494 e. The Morgan fingerprint density at radius 3 is 2.63 bits per heavy atom. The van der Waals surface area contributed by atoms with Crippen molar-refractivity contribution in [3.8, 4) is 17.0 Å². The molecule has 0 aliphatic carbocycles. The molecule has 1 aromatic carbocycles. The maximum absolute atomic E-state index is 11.3. The number of benzene rings is 1. The van der Waals surface area contributed by atoms with Gasteiger partial charge < -0.3 is 34.6 Å². The van der Waals surface area contributed by atoms with E-state index < -0.39 is 37.3 Å². The first kappa shape index (κ1) is 27.0. The van der Waals surface area contributed by atoms with Crippen molar-refractivity contribution in [2.75, 3.05) is 19.8 Å². The number of carbonyl (C=O) groups is 1. The summed E-state index contributed by atoms with van der Waals surface area (Å²) in [6, 6.07) is 7.37. The fourth-order valence-corrected chi connectivity index (χ4v) is 3.90. The molecule has 5 atom stereocenters. The van der Waals surface area contributed by atoms with E-state index >= 15 is 0 Å². The Balaban J connectivity index is 1.47. The molecule has 0 amide bonds. The van der Waals surface area contributed by atoms with Gasteiger partial charge in [-0.2, -0.15) is 0 Å². The number of esters is 1. The number of nitrogens with zero attached hydrogens (tertiary/aromatic N) is 3. The quantitative estimate of drug-likeness (QED) is 0.236. The van der Waals surface area contributed by atoms with E-state index in [-0.39, 0.29) is 5.97 Å². The number of hydrogen-bond donors (Lipinski definition) is 4. The SMILES string of the molecule is CCOC(=O)CCCCCCCOc1cccc(-c2cn([C@H]3O[C@H](CO)[C@@H](O)[C@H](O)[C@@H]3O)nn2)c1. The Morgan fingerprint density at radius 2 is 1.86 bits per heavy atom. The molecule has 0 saturated carbocycles. The highest BCUT2D eigenvalue weighted by Gasteiger charge is 2.44. The molecule has 1 aliphatic heterocycles. The van der Waals surface area contributed by atoms with Crippen LogP contribution in [0.4, 0.5) is 0 Å². The molecule has 1 aromatic heterocycles. The van der Waals surface area contributed by atoms with Crippen LogP contribution in [0.2, 0.25) is 0 Å². The van der Waals surface area contributed by atoms with Gasteiger partial charge in [-0.15, -0.1) is 5.10 Å². The van der Waals surface area contributed by atoms with Gasteiger partial charge >= 0.3 is 5.97 Å². The molecule has 0 radical (unpaired) electrons. The van der Waals surface area contributed by atoms with Crippen LogP contribution in [0.25, 0.3) is 11.3 Å². The maximum atomic E-state index is 11.3. The van der Waals surface area contributed by atoms with Gasteiger partial charge in [0.1, 0.15) is 35.9 Å². The molecule has 0 unspecified atom stereocenters. The number of carbonyl (C=O) groups excluding carboxylic acids is 1. The van der Waals surface area contributed by atoms with E-state index in [0.717, 1.165) is 37.7 Å². The molecule has 4 N–H and O–H groups in total. The zero-order valence-corrected chi connectivity index (χ0v) is 19.9. The second-order valence-electron chi connectivity index (χ2n) is 8.50. The van der Waals surface area contributed by atoms with Crippen molar-refractivity contribution in [2.45, 2.75) is 76.1 Å². The third kappa shape index (κ3) is 7.45. The van der Waals surface area contributed by atoms with E-state index in [1.165, 1.54) is 4.68 Å². The zero-order valence-electron chi connectivity index (χ0n) is 19.9. The summed E-state index contributed by atoms with van der Waals surface area (Å²) in [5, 5.41) is 47.7. The zero-order chi connectivity index (χ0) is 25.2. The van der Waals surface area contributed by atoms with Crippen LogP contribution >= 0.6 is 0 Å². The predicted octanol–water partition coefficient (Wildman–Crippen LogP) is 1.20. The van der Waals surface area contributed by atoms with Crippen molar-refractivity contribution >= 4 is 5.97 Å². The molecule has 11 nitrogen and oxygen atoms in total. The second-order valence-corrected chi connectivity index (χ2v) is 8.50. The topological polar surface area (TPSA) is 156 Å². The lowest BCUT2D eigenvalue weighted by Gasteiger charge is -2.39. The van der Waals surface area contributed by atoms with E-state index in [0.29, 0.717) is 31.1 Å². The number of aliphatic hydroxyl groups is 4. The molecular formula is C24H35N3O8. The van der Waals surface area contributed by atoms with E-state index in [1.807, 2.05) is 24.3 Å². The molecule has 0 bridgehead atoms. The summed E-state index contributed by atoms with van der Waals surface area (Å²) in [5.74, 6) is 0.552. The van der Waals surface area contributed by atoms with Gasteiger partial charge in [-0.1, -0.05) is 36.6 Å². The van der Waals surface area contributed by atoms with Gasteiger partial charge in [-0.25, -0.2) is 4.68 Å². The molecule has 194 valence electrons. The van der Waals surface area contributed by atoms with Crippen molar-refractivity contribution < 1.29 is 39.4 Å². The molecule has 2 aromatic rings. The smallest absolute Gasteiger partial charge is 0.305 e. The Bertz CT molecular complexity index is 922. The number of rotatable bonds is 13. The maximum Gasteiger partial charge on any atom is 0.305 e. The van der Waals surface area contributed by atoms with Crippen LogP contribution in [-0.2, 0) is 14.3 Å². The lowest BCUT2D eigenvalue weighted by molar-refractivity contribution is -0.254. The average molecular weight is 494 g/mol. The lowest BCUT2D eigenvalue weighted by Crippen LogP contribution is -2.56. The summed E-state index contributed by atoms with van der Waals surface area (Å²) in [6.45, 7) is 2.28. The van der Waals surface area contributed by atoms with Crippen molar-refractivity contribution in [1.82, 2.24) is 15.0 Å². The second kappa shape index (κ2) is 13.5. The highest BCUT2D eigenvalue weighted by atomic mass is 16.6. The molecule has 11 heteroatoms. The third-order valence-corrected chi connectivity index (χ3v) is 5.87. The minimum absolute atomic E-state index is 0.135.